The molecule has 1 fully saturated rings. The van der Waals surface area contributed by atoms with E-state index in [9.17, 15) is 19.1 Å². The smallest absolute Gasteiger partial charge is 0.280 e. The number of imidazole rings is 1. The second-order valence-electron chi connectivity index (χ2n) is 6.07. The number of H-pyrrole nitrogens is 1. The third-order valence-corrected chi connectivity index (χ3v) is 3.95. The second kappa shape index (κ2) is 6.50. The number of hydrogen-bond acceptors (Lipinski definition) is 7. The Kier molecular flexibility index (Phi) is 4.54. The molecule has 0 bridgehead atoms. The number of rotatable bonds is 4. The van der Waals surface area contributed by atoms with Crippen LogP contribution in [0.25, 0.3) is 11.2 Å². The number of ether oxygens (including phenoxy) is 1. The van der Waals surface area contributed by atoms with Gasteiger partial charge in [0, 0.05) is 5.92 Å². The highest BCUT2D eigenvalue weighted by molar-refractivity contribution is 5.91. The van der Waals surface area contributed by atoms with Gasteiger partial charge >= 0.3 is 0 Å². The fourth-order valence-corrected chi connectivity index (χ4v) is 2.51. The van der Waals surface area contributed by atoms with E-state index >= 15 is 0 Å². The van der Waals surface area contributed by atoms with Crippen molar-refractivity contribution in [1.29, 1.82) is 0 Å². The van der Waals surface area contributed by atoms with Gasteiger partial charge in [0.1, 0.15) is 12.2 Å². The quantitative estimate of drug-likeness (QED) is 0.568. The molecule has 0 saturated carbocycles. The summed E-state index contributed by atoms with van der Waals surface area (Å²) in [6, 6.07) is 0. The summed E-state index contributed by atoms with van der Waals surface area (Å²) < 4.78 is 20.8. The molecule has 11 heteroatoms. The fraction of sp³-hybridized carbons (Fsp3) is 0.571. The number of alkyl halides is 1. The lowest BCUT2D eigenvalue weighted by molar-refractivity contribution is -0.118. The van der Waals surface area contributed by atoms with Crippen LogP contribution in [0.4, 0.5) is 10.3 Å². The topological polar surface area (TPSA) is 142 Å². The number of aliphatic hydroxyl groups excluding tert-OH is 2. The molecule has 3 heterocycles. The maximum absolute atomic E-state index is 14.3. The third-order valence-electron chi connectivity index (χ3n) is 3.95. The number of nitrogens with zero attached hydrogens (tertiary/aromatic N) is 3. The summed E-state index contributed by atoms with van der Waals surface area (Å²) in [4.78, 5) is 34.2. The molecule has 0 spiro atoms. The first-order chi connectivity index (χ1) is 11.8. The van der Waals surface area contributed by atoms with Crippen molar-refractivity contribution >= 4 is 23.0 Å². The van der Waals surface area contributed by atoms with Crippen LogP contribution in [0.15, 0.2) is 11.1 Å². The monoisotopic (exact) mass is 355 g/mol. The SMILES string of the molecule is CC(C)C(=O)Nc1nc2c(ncn2[C@@H]2O[C@H](CO)[C@@H](O)[C@H]2F)c(=O)[nH]1. The third kappa shape index (κ3) is 3.01. The molecule has 1 saturated heterocycles. The van der Waals surface area contributed by atoms with Crippen LogP contribution in [0.1, 0.15) is 20.1 Å². The molecule has 0 aliphatic carbocycles. The van der Waals surface area contributed by atoms with E-state index < -0.39 is 36.8 Å². The highest BCUT2D eigenvalue weighted by Crippen LogP contribution is 2.33. The molecule has 1 aliphatic heterocycles. The van der Waals surface area contributed by atoms with E-state index in [1.165, 1.54) is 0 Å². The first-order valence-corrected chi connectivity index (χ1v) is 7.69. The highest BCUT2D eigenvalue weighted by atomic mass is 19.1. The molecule has 0 unspecified atom stereocenters. The average molecular weight is 355 g/mol. The largest absolute Gasteiger partial charge is 0.394 e. The fourth-order valence-electron chi connectivity index (χ4n) is 2.51. The molecule has 1 amide bonds. The lowest BCUT2D eigenvalue weighted by Crippen LogP contribution is -2.30. The van der Waals surface area contributed by atoms with E-state index in [-0.39, 0.29) is 28.9 Å². The number of aromatic amines is 1. The van der Waals surface area contributed by atoms with Crippen LogP contribution in [-0.4, -0.2) is 60.6 Å². The summed E-state index contributed by atoms with van der Waals surface area (Å²) in [5.41, 5.74) is -0.697. The summed E-state index contributed by atoms with van der Waals surface area (Å²) in [6.45, 7) is 2.79. The predicted molar refractivity (Wildman–Crippen MR) is 83.5 cm³/mol. The van der Waals surface area contributed by atoms with Gasteiger partial charge in [-0.3, -0.25) is 24.5 Å². The van der Waals surface area contributed by atoms with Crippen molar-refractivity contribution in [3.05, 3.63) is 16.7 Å². The molecule has 2 aromatic heterocycles. The van der Waals surface area contributed by atoms with E-state index in [1.54, 1.807) is 13.8 Å². The number of hydrogen-bond donors (Lipinski definition) is 4. The van der Waals surface area contributed by atoms with Gasteiger partial charge in [0.05, 0.1) is 12.9 Å². The van der Waals surface area contributed by atoms with Crippen molar-refractivity contribution < 1.29 is 24.1 Å². The molecule has 2 aromatic rings. The first kappa shape index (κ1) is 17.5. The molecule has 10 nitrogen and oxygen atoms in total. The van der Waals surface area contributed by atoms with Gasteiger partial charge in [0.25, 0.3) is 5.56 Å². The minimum atomic E-state index is -1.84. The van der Waals surface area contributed by atoms with Gasteiger partial charge < -0.3 is 14.9 Å². The molecule has 25 heavy (non-hydrogen) atoms. The molecular formula is C14H18FN5O5. The number of nitrogens with one attached hydrogen (secondary N) is 2. The van der Waals surface area contributed by atoms with Crippen LogP contribution in [0.3, 0.4) is 0 Å². The van der Waals surface area contributed by atoms with Crippen LogP contribution in [0, 0.1) is 5.92 Å². The number of aliphatic hydroxyl groups is 2. The normalized spacial score (nSPS) is 26.5. The summed E-state index contributed by atoms with van der Waals surface area (Å²) in [6.07, 6.45) is -4.61. The molecule has 136 valence electrons. The molecule has 0 radical (unpaired) electrons. The van der Waals surface area contributed by atoms with Gasteiger partial charge in [-0.15, -0.1) is 0 Å². The molecule has 3 rings (SSSR count). The minimum Gasteiger partial charge on any atom is -0.394 e. The maximum atomic E-state index is 14.3. The Morgan fingerprint density at radius 2 is 2.28 bits per heavy atom. The minimum absolute atomic E-state index is 0.0127. The number of carbonyl (C=O) groups excluding carboxylic acids is 1. The summed E-state index contributed by atoms with van der Waals surface area (Å²) >= 11 is 0. The van der Waals surface area contributed by atoms with Crippen LogP contribution in [0.2, 0.25) is 0 Å². The van der Waals surface area contributed by atoms with Crippen molar-refractivity contribution in [2.75, 3.05) is 11.9 Å². The Hall–Kier alpha value is -2.37. The average Bonchev–Trinajstić information content (AvgIpc) is 3.10. The maximum Gasteiger partial charge on any atom is 0.280 e. The van der Waals surface area contributed by atoms with Gasteiger partial charge in [0.2, 0.25) is 11.9 Å². The van der Waals surface area contributed by atoms with Gasteiger partial charge in [0.15, 0.2) is 23.6 Å². The van der Waals surface area contributed by atoms with Crippen molar-refractivity contribution in [2.24, 2.45) is 5.92 Å². The van der Waals surface area contributed by atoms with Crippen molar-refractivity contribution in [2.45, 2.75) is 38.5 Å². The first-order valence-electron chi connectivity index (χ1n) is 7.69. The van der Waals surface area contributed by atoms with Gasteiger partial charge in [-0.1, -0.05) is 13.8 Å². The zero-order valence-electron chi connectivity index (χ0n) is 13.5. The molecule has 1 aliphatic rings. The van der Waals surface area contributed by atoms with E-state index in [0.29, 0.717) is 0 Å². The lowest BCUT2D eigenvalue weighted by Gasteiger charge is -2.15. The number of carbonyl (C=O) groups is 1. The zero-order chi connectivity index (χ0) is 18.3. The van der Waals surface area contributed by atoms with Crippen LogP contribution >= 0.6 is 0 Å². The molecule has 0 aromatic carbocycles. The Labute approximate surface area is 140 Å². The summed E-state index contributed by atoms with van der Waals surface area (Å²) in [5, 5.41) is 21.3. The summed E-state index contributed by atoms with van der Waals surface area (Å²) in [7, 11) is 0. The number of anilines is 1. The Morgan fingerprint density at radius 3 is 2.88 bits per heavy atom. The Morgan fingerprint density at radius 1 is 1.56 bits per heavy atom. The van der Waals surface area contributed by atoms with Crippen molar-refractivity contribution in [3.8, 4) is 0 Å². The van der Waals surface area contributed by atoms with E-state index in [1.807, 2.05) is 0 Å². The van der Waals surface area contributed by atoms with Gasteiger partial charge in [-0.05, 0) is 0 Å². The molecule has 4 N–H and O–H groups in total. The zero-order valence-corrected chi connectivity index (χ0v) is 13.5. The number of fused-ring (bicyclic) bond motifs is 1. The second-order valence-corrected chi connectivity index (χ2v) is 6.07. The van der Waals surface area contributed by atoms with E-state index in [4.69, 9.17) is 9.84 Å². The van der Waals surface area contributed by atoms with Crippen LogP contribution in [-0.2, 0) is 9.53 Å². The number of halogens is 1. The Bertz CT molecular complexity index is 850. The molecule has 4 atom stereocenters. The van der Waals surface area contributed by atoms with Gasteiger partial charge in [-0.2, -0.15) is 4.98 Å². The van der Waals surface area contributed by atoms with Crippen LogP contribution in [0.5, 0.6) is 0 Å². The van der Waals surface area contributed by atoms with E-state index in [2.05, 4.69) is 20.3 Å². The van der Waals surface area contributed by atoms with Crippen molar-refractivity contribution in [1.82, 2.24) is 19.5 Å². The molecular weight excluding hydrogens is 337 g/mol. The van der Waals surface area contributed by atoms with Crippen LogP contribution < -0.4 is 10.9 Å². The lowest BCUT2D eigenvalue weighted by atomic mass is 10.1. The predicted octanol–water partition coefficient (Wildman–Crippen LogP) is -0.697. The number of amides is 1. The Balaban J connectivity index is 2.01. The van der Waals surface area contributed by atoms with E-state index in [0.717, 1.165) is 10.9 Å². The highest BCUT2D eigenvalue weighted by Gasteiger charge is 2.45. The number of aromatic nitrogens is 4. The summed E-state index contributed by atoms with van der Waals surface area (Å²) in [5.74, 6) is -0.796. The van der Waals surface area contributed by atoms with Gasteiger partial charge in [-0.25, -0.2) is 9.37 Å². The standard InChI is InChI=1S/C14H18FN5O5/c1-5(2)11(23)18-14-17-10-8(12(24)19-14)16-4-20(10)13-7(15)9(22)6(3-21)25-13/h4-7,9,13,21-22H,3H2,1-2H3,(H2,17,18,19,23,24)/t6-,7-,9-,13-/m1/s1. The van der Waals surface area contributed by atoms with Crippen molar-refractivity contribution in [3.63, 3.8) is 0 Å².